The molecule has 0 radical (unpaired) electrons. The first-order valence-electron chi connectivity index (χ1n) is 13.2. The van der Waals surface area contributed by atoms with E-state index >= 15 is 0 Å². The van der Waals surface area contributed by atoms with Crippen LogP contribution in [0.2, 0.25) is 5.02 Å². The van der Waals surface area contributed by atoms with Gasteiger partial charge in [-0.05, 0) is 60.2 Å². The van der Waals surface area contributed by atoms with E-state index in [0.717, 1.165) is 23.7 Å². The summed E-state index contributed by atoms with van der Waals surface area (Å²) in [6.45, 7) is 8.54. The lowest BCUT2D eigenvalue weighted by Gasteiger charge is -2.38. The molecule has 0 saturated carbocycles. The van der Waals surface area contributed by atoms with Gasteiger partial charge in [0.25, 0.3) is 0 Å². The van der Waals surface area contributed by atoms with Crippen LogP contribution in [0.3, 0.4) is 0 Å². The normalized spacial score (nSPS) is 20.4. The van der Waals surface area contributed by atoms with Gasteiger partial charge in [-0.2, -0.15) is 13.2 Å². The highest BCUT2D eigenvalue weighted by molar-refractivity contribution is 6.30. The molecule has 2 fully saturated rings. The summed E-state index contributed by atoms with van der Waals surface area (Å²) in [7, 11) is 0. The molecule has 38 heavy (non-hydrogen) atoms. The minimum atomic E-state index is -4.38. The van der Waals surface area contributed by atoms with E-state index in [1.54, 1.807) is 23.1 Å². The fraction of sp³-hybridized carbons (Fsp3) is 0.517. The zero-order chi connectivity index (χ0) is 27.6. The average molecular weight is 550 g/mol. The Bertz CT molecular complexity index is 1140. The number of alkyl halides is 3. The standard InChI is InChI=1S/C29H35ClF3N3O2/c1-19(2)4-5-22-16-23(29(31,32)33)8-11-27(22)34-12-14-35(15-13-34)28(38)26-18-36(20(3)37)17-25(26)21-6-9-24(30)10-7-21/h6-11,16,19,25-26H,4-5,12-15,17-18H2,1-3H3. The lowest BCUT2D eigenvalue weighted by Crippen LogP contribution is -2.51. The van der Waals surface area contributed by atoms with Crippen LogP contribution in [0.5, 0.6) is 0 Å². The average Bonchev–Trinajstić information content (AvgIpc) is 3.33. The molecule has 2 unspecified atom stereocenters. The number of hydrogen-bond acceptors (Lipinski definition) is 3. The minimum Gasteiger partial charge on any atom is -0.368 e. The molecule has 2 aromatic carbocycles. The number of amides is 2. The van der Waals surface area contributed by atoms with Crippen molar-refractivity contribution < 1.29 is 22.8 Å². The van der Waals surface area contributed by atoms with E-state index in [0.29, 0.717) is 62.2 Å². The molecule has 0 spiro atoms. The van der Waals surface area contributed by atoms with Gasteiger partial charge in [-0.3, -0.25) is 9.59 Å². The maximum absolute atomic E-state index is 13.7. The van der Waals surface area contributed by atoms with Gasteiger partial charge in [-0.1, -0.05) is 37.6 Å². The van der Waals surface area contributed by atoms with Crippen molar-refractivity contribution in [2.45, 2.75) is 45.7 Å². The molecular weight excluding hydrogens is 515 g/mol. The van der Waals surface area contributed by atoms with Crippen LogP contribution in [0.25, 0.3) is 0 Å². The lowest BCUT2D eigenvalue weighted by molar-refractivity contribution is -0.138. The third kappa shape index (κ3) is 6.45. The Morgan fingerprint density at radius 1 is 0.974 bits per heavy atom. The summed E-state index contributed by atoms with van der Waals surface area (Å²) in [6, 6.07) is 11.4. The number of carbonyl (C=O) groups is 2. The van der Waals surface area contributed by atoms with Crippen LogP contribution >= 0.6 is 11.6 Å². The first-order chi connectivity index (χ1) is 17.9. The Morgan fingerprint density at radius 3 is 2.21 bits per heavy atom. The van der Waals surface area contributed by atoms with Crippen LogP contribution in [0.1, 0.15) is 49.8 Å². The maximum atomic E-state index is 13.7. The van der Waals surface area contributed by atoms with Crippen LogP contribution in [0.15, 0.2) is 42.5 Å². The second-order valence-electron chi connectivity index (χ2n) is 10.8. The number of likely N-dealkylation sites (tertiary alicyclic amines) is 1. The third-order valence-corrected chi connectivity index (χ3v) is 7.96. The summed E-state index contributed by atoms with van der Waals surface area (Å²) in [4.78, 5) is 31.5. The molecule has 0 N–H and O–H groups in total. The second-order valence-corrected chi connectivity index (χ2v) is 11.2. The number of nitrogens with zero attached hydrogens (tertiary/aromatic N) is 3. The van der Waals surface area contributed by atoms with Crippen LogP contribution in [0.4, 0.5) is 18.9 Å². The predicted octanol–water partition coefficient (Wildman–Crippen LogP) is 5.86. The van der Waals surface area contributed by atoms with E-state index in [-0.39, 0.29) is 23.7 Å². The van der Waals surface area contributed by atoms with Gasteiger partial charge in [-0.15, -0.1) is 0 Å². The number of carbonyl (C=O) groups excluding carboxylic acids is 2. The summed E-state index contributed by atoms with van der Waals surface area (Å²) in [6.07, 6.45) is -3.01. The molecule has 2 amide bonds. The topological polar surface area (TPSA) is 43.9 Å². The molecule has 2 heterocycles. The number of hydrogen-bond donors (Lipinski definition) is 0. The predicted molar refractivity (Wildman–Crippen MR) is 143 cm³/mol. The minimum absolute atomic E-state index is 0.0146. The van der Waals surface area contributed by atoms with Crippen molar-refractivity contribution in [3.05, 3.63) is 64.2 Å². The molecule has 2 aliphatic heterocycles. The summed E-state index contributed by atoms with van der Waals surface area (Å²) in [5, 5.41) is 0.616. The van der Waals surface area contributed by atoms with Crippen LogP contribution in [0, 0.1) is 11.8 Å². The van der Waals surface area contributed by atoms with Gasteiger partial charge in [0.05, 0.1) is 11.5 Å². The lowest BCUT2D eigenvalue weighted by atomic mass is 9.88. The first-order valence-corrected chi connectivity index (χ1v) is 13.6. The fourth-order valence-corrected chi connectivity index (χ4v) is 5.60. The Hall–Kier alpha value is -2.74. The summed E-state index contributed by atoms with van der Waals surface area (Å²) in [5.74, 6) is -0.124. The van der Waals surface area contributed by atoms with Crippen LogP contribution in [-0.4, -0.2) is 60.9 Å². The third-order valence-electron chi connectivity index (χ3n) is 7.71. The van der Waals surface area contributed by atoms with Crippen molar-refractivity contribution in [1.29, 1.82) is 0 Å². The van der Waals surface area contributed by atoms with Gasteiger partial charge in [-0.25, -0.2) is 0 Å². The van der Waals surface area contributed by atoms with E-state index in [2.05, 4.69) is 18.7 Å². The molecule has 2 saturated heterocycles. The van der Waals surface area contributed by atoms with Gasteiger partial charge in [0.2, 0.25) is 11.8 Å². The Morgan fingerprint density at radius 2 is 1.63 bits per heavy atom. The largest absolute Gasteiger partial charge is 0.416 e. The maximum Gasteiger partial charge on any atom is 0.416 e. The molecule has 2 aliphatic rings. The SMILES string of the molecule is CC(=O)N1CC(C(=O)N2CCN(c3ccc(C(F)(F)F)cc3CCC(C)C)CC2)C(c2ccc(Cl)cc2)C1. The summed E-state index contributed by atoms with van der Waals surface area (Å²) in [5.41, 5.74) is 1.87. The number of rotatable bonds is 6. The fourth-order valence-electron chi connectivity index (χ4n) is 5.48. The van der Waals surface area contributed by atoms with Crippen molar-refractivity contribution in [1.82, 2.24) is 9.80 Å². The summed E-state index contributed by atoms with van der Waals surface area (Å²) >= 11 is 6.06. The van der Waals surface area contributed by atoms with Crippen molar-refractivity contribution >= 4 is 29.1 Å². The monoisotopic (exact) mass is 549 g/mol. The Kier molecular flexibility index (Phi) is 8.60. The van der Waals surface area contributed by atoms with Crippen molar-refractivity contribution in [2.75, 3.05) is 44.2 Å². The van der Waals surface area contributed by atoms with E-state index in [1.165, 1.54) is 13.0 Å². The van der Waals surface area contributed by atoms with Gasteiger partial charge >= 0.3 is 6.18 Å². The molecular formula is C29H35ClF3N3O2. The van der Waals surface area contributed by atoms with E-state index in [4.69, 9.17) is 11.6 Å². The number of benzene rings is 2. The number of aryl methyl sites for hydroxylation is 1. The molecule has 2 atom stereocenters. The molecule has 0 aromatic heterocycles. The molecule has 0 bridgehead atoms. The zero-order valence-corrected chi connectivity index (χ0v) is 22.9. The Balaban J connectivity index is 1.48. The van der Waals surface area contributed by atoms with Gasteiger partial charge in [0.15, 0.2) is 0 Å². The quantitative estimate of drug-likeness (QED) is 0.453. The molecule has 2 aromatic rings. The molecule has 5 nitrogen and oxygen atoms in total. The zero-order valence-electron chi connectivity index (χ0n) is 22.1. The smallest absolute Gasteiger partial charge is 0.368 e. The highest BCUT2D eigenvalue weighted by atomic mass is 35.5. The van der Waals surface area contributed by atoms with Gasteiger partial charge < -0.3 is 14.7 Å². The van der Waals surface area contributed by atoms with Gasteiger partial charge in [0.1, 0.15) is 0 Å². The first kappa shape index (κ1) is 28.3. The molecule has 4 rings (SSSR count). The van der Waals surface area contributed by atoms with Crippen molar-refractivity contribution in [3.8, 4) is 0 Å². The van der Waals surface area contributed by atoms with Crippen LogP contribution < -0.4 is 4.90 Å². The van der Waals surface area contributed by atoms with Crippen LogP contribution in [-0.2, 0) is 22.2 Å². The molecule has 0 aliphatic carbocycles. The number of halogens is 4. The highest BCUT2D eigenvalue weighted by Gasteiger charge is 2.42. The molecule has 9 heteroatoms. The number of anilines is 1. The van der Waals surface area contributed by atoms with E-state index in [1.807, 2.05) is 17.0 Å². The van der Waals surface area contributed by atoms with Crippen molar-refractivity contribution in [2.24, 2.45) is 11.8 Å². The second kappa shape index (κ2) is 11.6. The van der Waals surface area contributed by atoms with E-state index in [9.17, 15) is 22.8 Å². The van der Waals surface area contributed by atoms with E-state index < -0.39 is 11.7 Å². The number of piperazine rings is 1. The molecule has 206 valence electrons. The summed E-state index contributed by atoms with van der Waals surface area (Å²) < 4.78 is 40.2. The van der Waals surface area contributed by atoms with Crippen molar-refractivity contribution in [3.63, 3.8) is 0 Å². The Labute approximate surface area is 227 Å². The highest BCUT2D eigenvalue weighted by Crippen LogP contribution is 2.36. The van der Waals surface area contributed by atoms with Gasteiger partial charge in [0, 0.05) is 62.8 Å².